The minimum Gasteiger partial charge on any atom is -0.347 e. The topological polar surface area (TPSA) is 52.7 Å². The largest absolute Gasteiger partial charge is 0.347 e. The van der Waals surface area contributed by atoms with Crippen LogP contribution < -0.4 is 10.6 Å². The van der Waals surface area contributed by atoms with Gasteiger partial charge >= 0.3 is 0 Å². The second-order valence-electron chi connectivity index (χ2n) is 6.06. The molecule has 1 saturated heterocycles. The second kappa shape index (κ2) is 6.53. The van der Waals surface area contributed by atoms with Gasteiger partial charge in [0.25, 0.3) is 0 Å². The minimum absolute atomic E-state index is 0.417. The molecule has 1 aliphatic heterocycles. The Kier molecular flexibility index (Phi) is 4.51. The van der Waals surface area contributed by atoms with Crippen molar-refractivity contribution in [1.82, 2.24) is 20.6 Å². The van der Waals surface area contributed by atoms with Crippen LogP contribution in [0.4, 0.5) is 0 Å². The fourth-order valence-corrected chi connectivity index (χ4v) is 3.60. The predicted molar refractivity (Wildman–Crippen MR) is 76.9 cm³/mol. The molecule has 4 heteroatoms. The maximum absolute atomic E-state index is 4.52. The van der Waals surface area contributed by atoms with Crippen molar-refractivity contribution in [2.24, 2.45) is 5.92 Å². The molecule has 0 radical (unpaired) electrons. The maximum atomic E-state index is 4.52. The van der Waals surface area contributed by atoms with E-state index in [1.54, 1.807) is 0 Å². The van der Waals surface area contributed by atoms with Crippen LogP contribution in [0.3, 0.4) is 0 Å². The van der Waals surface area contributed by atoms with Gasteiger partial charge in [-0.1, -0.05) is 19.3 Å². The van der Waals surface area contributed by atoms with Crippen LogP contribution in [0.2, 0.25) is 0 Å². The molecule has 3 rings (SSSR count). The number of hydrogen-bond acceptors (Lipinski definition) is 3. The van der Waals surface area contributed by atoms with Crippen molar-refractivity contribution in [3.8, 4) is 0 Å². The molecular weight excluding hydrogens is 236 g/mol. The van der Waals surface area contributed by atoms with Gasteiger partial charge in [0.2, 0.25) is 0 Å². The summed E-state index contributed by atoms with van der Waals surface area (Å²) in [6, 6.07) is 1.02. The number of aromatic nitrogens is 2. The van der Waals surface area contributed by atoms with Crippen molar-refractivity contribution < 1.29 is 0 Å². The van der Waals surface area contributed by atoms with E-state index in [9.17, 15) is 0 Å². The molecule has 0 bridgehead atoms. The summed E-state index contributed by atoms with van der Waals surface area (Å²) >= 11 is 0. The quantitative estimate of drug-likeness (QED) is 0.781. The van der Waals surface area contributed by atoms with Crippen molar-refractivity contribution in [3.05, 3.63) is 18.2 Å². The summed E-state index contributed by atoms with van der Waals surface area (Å²) in [5, 5.41) is 7.37. The number of piperidine rings is 1. The summed E-state index contributed by atoms with van der Waals surface area (Å²) in [5.41, 5.74) is 0. The monoisotopic (exact) mass is 262 g/mol. The zero-order valence-electron chi connectivity index (χ0n) is 11.7. The van der Waals surface area contributed by atoms with Crippen LogP contribution in [-0.4, -0.2) is 29.1 Å². The summed E-state index contributed by atoms with van der Waals surface area (Å²) in [7, 11) is 0. The van der Waals surface area contributed by atoms with Gasteiger partial charge in [0.05, 0.1) is 6.04 Å². The van der Waals surface area contributed by atoms with E-state index in [2.05, 4.69) is 20.6 Å². The smallest absolute Gasteiger partial charge is 0.123 e. The van der Waals surface area contributed by atoms with E-state index in [4.69, 9.17) is 0 Å². The van der Waals surface area contributed by atoms with Gasteiger partial charge in [0.1, 0.15) is 5.82 Å². The Morgan fingerprint density at radius 2 is 2.05 bits per heavy atom. The molecule has 2 heterocycles. The number of imidazole rings is 1. The molecule has 1 aliphatic carbocycles. The summed E-state index contributed by atoms with van der Waals surface area (Å²) in [6.45, 7) is 2.27. The molecule has 1 saturated carbocycles. The van der Waals surface area contributed by atoms with Crippen molar-refractivity contribution >= 4 is 0 Å². The van der Waals surface area contributed by atoms with Crippen LogP contribution in [0.15, 0.2) is 12.4 Å². The van der Waals surface area contributed by atoms with Crippen LogP contribution in [0.25, 0.3) is 0 Å². The lowest BCUT2D eigenvalue weighted by Crippen LogP contribution is -2.46. The van der Waals surface area contributed by atoms with Gasteiger partial charge in [-0.15, -0.1) is 0 Å². The molecule has 1 aromatic rings. The Labute approximate surface area is 115 Å². The Morgan fingerprint density at radius 1 is 1.16 bits per heavy atom. The van der Waals surface area contributed by atoms with E-state index in [-0.39, 0.29) is 0 Å². The molecule has 0 aromatic carbocycles. The lowest BCUT2D eigenvalue weighted by Gasteiger charge is -2.34. The van der Waals surface area contributed by atoms with E-state index < -0.39 is 0 Å². The zero-order valence-corrected chi connectivity index (χ0v) is 11.7. The van der Waals surface area contributed by atoms with Crippen LogP contribution in [-0.2, 0) is 0 Å². The standard InChI is InChI=1S/C15H26N4/c1-2-5-12(6-3-1)14(15-17-9-10-18-15)19-13-7-4-8-16-11-13/h9-10,12-14,16,19H,1-8,11H2,(H,17,18)/t13-,14?/m0/s1. The van der Waals surface area contributed by atoms with E-state index in [0.717, 1.165) is 18.3 Å². The molecule has 3 N–H and O–H groups in total. The van der Waals surface area contributed by atoms with Gasteiger partial charge < -0.3 is 15.6 Å². The van der Waals surface area contributed by atoms with E-state index in [1.807, 2.05) is 12.4 Å². The first-order valence-electron chi connectivity index (χ1n) is 7.89. The number of rotatable bonds is 4. The van der Waals surface area contributed by atoms with Gasteiger partial charge in [-0.05, 0) is 38.1 Å². The second-order valence-corrected chi connectivity index (χ2v) is 6.06. The summed E-state index contributed by atoms with van der Waals surface area (Å²) in [5.74, 6) is 1.89. The molecule has 4 nitrogen and oxygen atoms in total. The van der Waals surface area contributed by atoms with Crippen LogP contribution in [0.5, 0.6) is 0 Å². The van der Waals surface area contributed by atoms with Gasteiger partial charge in [0.15, 0.2) is 0 Å². The lowest BCUT2D eigenvalue weighted by molar-refractivity contribution is 0.232. The number of H-pyrrole nitrogens is 1. The highest BCUT2D eigenvalue weighted by Gasteiger charge is 2.29. The SMILES string of the molecule is c1c[nH]c(C(N[C@H]2CCCNC2)C2CCCCC2)n1. The fourth-order valence-electron chi connectivity index (χ4n) is 3.60. The van der Waals surface area contributed by atoms with E-state index >= 15 is 0 Å². The summed E-state index contributed by atoms with van der Waals surface area (Å²) in [4.78, 5) is 7.85. The molecule has 0 spiro atoms. The minimum atomic E-state index is 0.417. The first-order valence-corrected chi connectivity index (χ1v) is 7.89. The Balaban J connectivity index is 1.68. The first-order chi connectivity index (χ1) is 9.43. The highest BCUT2D eigenvalue weighted by molar-refractivity contribution is 5.00. The highest BCUT2D eigenvalue weighted by Crippen LogP contribution is 2.33. The third-order valence-corrected chi connectivity index (χ3v) is 4.65. The summed E-state index contributed by atoms with van der Waals surface area (Å²) in [6.07, 6.45) is 13.3. The molecule has 19 heavy (non-hydrogen) atoms. The van der Waals surface area contributed by atoms with Gasteiger partial charge in [0, 0.05) is 25.0 Å². The molecular formula is C15H26N4. The van der Waals surface area contributed by atoms with Gasteiger partial charge in [-0.3, -0.25) is 0 Å². The van der Waals surface area contributed by atoms with Crippen LogP contribution in [0, 0.1) is 5.92 Å². The number of aromatic amines is 1. The Bertz CT molecular complexity index is 350. The van der Waals surface area contributed by atoms with E-state index in [1.165, 1.54) is 51.5 Å². The first kappa shape index (κ1) is 13.1. The number of nitrogens with zero attached hydrogens (tertiary/aromatic N) is 1. The van der Waals surface area contributed by atoms with Gasteiger partial charge in [-0.2, -0.15) is 0 Å². The normalized spacial score (nSPS) is 27.3. The highest BCUT2D eigenvalue weighted by atomic mass is 15.1. The molecule has 1 aromatic heterocycles. The molecule has 1 unspecified atom stereocenters. The Morgan fingerprint density at radius 3 is 2.74 bits per heavy atom. The van der Waals surface area contributed by atoms with Crippen LogP contribution >= 0.6 is 0 Å². The Hall–Kier alpha value is -0.870. The van der Waals surface area contributed by atoms with Crippen LogP contribution in [0.1, 0.15) is 56.8 Å². The van der Waals surface area contributed by atoms with Crippen molar-refractivity contribution in [3.63, 3.8) is 0 Å². The van der Waals surface area contributed by atoms with E-state index in [0.29, 0.717) is 12.1 Å². The third kappa shape index (κ3) is 3.37. The predicted octanol–water partition coefficient (Wildman–Crippen LogP) is 2.37. The molecule has 106 valence electrons. The van der Waals surface area contributed by atoms with Crippen molar-refractivity contribution in [1.29, 1.82) is 0 Å². The average molecular weight is 262 g/mol. The van der Waals surface area contributed by atoms with Crippen molar-refractivity contribution in [2.75, 3.05) is 13.1 Å². The molecule has 2 fully saturated rings. The average Bonchev–Trinajstić information content (AvgIpc) is 3.01. The zero-order chi connectivity index (χ0) is 12.9. The third-order valence-electron chi connectivity index (χ3n) is 4.65. The van der Waals surface area contributed by atoms with Crippen molar-refractivity contribution in [2.45, 2.75) is 57.0 Å². The molecule has 2 aliphatic rings. The number of hydrogen-bond donors (Lipinski definition) is 3. The summed E-state index contributed by atoms with van der Waals surface area (Å²) < 4.78 is 0. The molecule has 2 atom stereocenters. The fraction of sp³-hybridized carbons (Fsp3) is 0.800. The van der Waals surface area contributed by atoms with Gasteiger partial charge in [-0.25, -0.2) is 4.98 Å². The number of nitrogens with one attached hydrogen (secondary N) is 3. The lowest BCUT2D eigenvalue weighted by atomic mass is 9.83. The molecule has 0 amide bonds. The maximum Gasteiger partial charge on any atom is 0.123 e.